The fourth-order valence-electron chi connectivity index (χ4n) is 3.84. The van der Waals surface area contributed by atoms with Gasteiger partial charge in [-0.2, -0.15) is 4.31 Å². The van der Waals surface area contributed by atoms with Crippen LogP contribution in [-0.4, -0.2) is 45.3 Å². The van der Waals surface area contributed by atoms with Crippen molar-refractivity contribution in [2.75, 3.05) is 13.1 Å². The molecule has 0 N–H and O–H groups in total. The van der Waals surface area contributed by atoms with Crippen LogP contribution >= 0.6 is 23.1 Å². The Bertz CT molecular complexity index is 1420. The second-order valence-corrected chi connectivity index (χ2v) is 11.4. The maximum absolute atomic E-state index is 13.1. The number of sulfonamides is 1. The smallest absolute Gasteiger partial charge is 0.260 e. The van der Waals surface area contributed by atoms with Crippen LogP contribution in [0.1, 0.15) is 25.7 Å². The molecule has 0 atom stereocenters. The lowest BCUT2D eigenvalue weighted by atomic mass is 10.2. The Balaban J connectivity index is 1.53. The number of nitro benzene ring substituents is 1. The number of para-hydroxylation sites is 1. The Morgan fingerprint density at radius 2 is 1.78 bits per heavy atom. The molecule has 2 aromatic carbocycles. The molecule has 0 unspecified atom stereocenters. The van der Waals surface area contributed by atoms with E-state index < -0.39 is 14.9 Å². The number of thiazole rings is 1. The Labute approximate surface area is 192 Å². The van der Waals surface area contributed by atoms with Crippen molar-refractivity contribution >= 4 is 54.0 Å². The molecule has 1 aliphatic rings. The summed E-state index contributed by atoms with van der Waals surface area (Å²) >= 11 is 2.59. The first-order valence-corrected chi connectivity index (χ1v) is 13.2. The molecular formula is C20H19N5O4S3. The molecule has 4 aromatic rings. The summed E-state index contributed by atoms with van der Waals surface area (Å²) in [4.78, 5) is 12.2. The van der Waals surface area contributed by atoms with E-state index in [0.717, 1.165) is 53.7 Å². The van der Waals surface area contributed by atoms with Gasteiger partial charge in [-0.25, -0.2) is 8.42 Å². The highest BCUT2D eigenvalue weighted by Crippen LogP contribution is 2.38. The van der Waals surface area contributed by atoms with Crippen LogP contribution in [0.2, 0.25) is 0 Å². The first kappa shape index (κ1) is 21.3. The van der Waals surface area contributed by atoms with Crippen molar-refractivity contribution in [3.63, 3.8) is 0 Å². The summed E-state index contributed by atoms with van der Waals surface area (Å²) in [5.74, 6) is 0. The van der Waals surface area contributed by atoms with Gasteiger partial charge in [-0.15, -0.1) is 10.2 Å². The molecule has 12 heteroatoms. The van der Waals surface area contributed by atoms with E-state index in [4.69, 9.17) is 0 Å². The van der Waals surface area contributed by atoms with Crippen LogP contribution in [0.15, 0.2) is 57.4 Å². The van der Waals surface area contributed by atoms with Gasteiger partial charge in [0.2, 0.25) is 20.1 Å². The zero-order valence-electron chi connectivity index (χ0n) is 16.9. The molecule has 0 amide bonds. The number of fused-ring (bicyclic) bond motifs is 3. The topological polar surface area (TPSA) is 111 Å². The molecular weight excluding hydrogens is 470 g/mol. The molecule has 3 heterocycles. The van der Waals surface area contributed by atoms with Gasteiger partial charge >= 0.3 is 0 Å². The highest BCUT2D eigenvalue weighted by molar-refractivity contribution is 7.99. The van der Waals surface area contributed by atoms with E-state index in [0.29, 0.717) is 28.1 Å². The summed E-state index contributed by atoms with van der Waals surface area (Å²) in [5.41, 5.74) is 0.658. The van der Waals surface area contributed by atoms with Gasteiger partial charge < -0.3 is 0 Å². The fourth-order valence-corrected chi connectivity index (χ4v) is 7.33. The zero-order chi connectivity index (χ0) is 22.3. The van der Waals surface area contributed by atoms with E-state index in [1.165, 1.54) is 27.8 Å². The van der Waals surface area contributed by atoms with Crippen LogP contribution in [0.5, 0.6) is 0 Å². The second kappa shape index (κ2) is 8.43. The van der Waals surface area contributed by atoms with Crippen LogP contribution in [-0.2, 0) is 10.0 Å². The Hall–Kier alpha value is -2.54. The van der Waals surface area contributed by atoms with Crippen LogP contribution in [0.25, 0.3) is 15.2 Å². The molecule has 0 spiro atoms. The average Bonchev–Trinajstić information content (AvgIpc) is 3.20. The number of nitrogens with zero attached hydrogens (tertiary/aromatic N) is 5. The van der Waals surface area contributed by atoms with Crippen LogP contribution in [0.4, 0.5) is 5.69 Å². The van der Waals surface area contributed by atoms with E-state index in [1.54, 1.807) is 0 Å². The van der Waals surface area contributed by atoms with E-state index in [-0.39, 0.29) is 10.6 Å². The lowest BCUT2D eigenvalue weighted by Gasteiger charge is -2.20. The Morgan fingerprint density at radius 3 is 2.53 bits per heavy atom. The minimum absolute atomic E-state index is 0.0529. The number of benzene rings is 2. The molecule has 2 aromatic heterocycles. The van der Waals surface area contributed by atoms with Gasteiger partial charge in [0.05, 0.1) is 24.9 Å². The predicted molar refractivity (Wildman–Crippen MR) is 123 cm³/mol. The SMILES string of the molecule is O=[N+]([O-])c1cc(S(=O)(=O)N2CCCCCC2)ccc1Sc1nnc2sc3ccccc3n12. The Morgan fingerprint density at radius 1 is 1.03 bits per heavy atom. The molecule has 0 saturated carbocycles. The third-order valence-corrected chi connectivity index (χ3v) is 9.36. The molecule has 1 aliphatic heterocycles. The van der Waals surface area contributed by atoms with Gasteiger partial charge in [-0.05, 0) is 48.9 Å². The normalized spacial score (nSPS) is 15.9. The largest absolute Gasteiger partial charge is 0.284 e. The summed E-state index contributed by atoms with van der Waals surface area (Å²) in [6, 6.07) is 11.9. The average molecular weight is 490 g/mol. The number of aromatic nitrogens is 3. The van der Waals surface area contributed by atoms with Gasteiger partial charge in [-0.3, -0.25) is 14.5 Å². The molecule has 1 saturated heterocycles. The fraction of sp³-hybridized carbons (Fsp3) is 0.300. The molecule has 0 bridgehead atoms. The lowest BCUT2D eigenvalue weighted by molar-refractivity contribution is -0.388. The zero-order valence-corrected chi connectivity index (χ0v) is 19.3. The number of rotatable bonds is 5. The third-order valence-electron chi connectivity index (χ3n) is 5.44. The Kier molecular flexibility index (Phi) is 5.61. The van der Waals surface area contributed by atoms with Crippen molar-refractivity contribution in [2.24, 2.45) is 0 Å². The van der Waals surface area contributed by atoms with Crippen LogP contribution in [0, 0.1) is 10.1 Å². The van der Waals surface area contributed by atoms with Crippen molar-refractivity contribution in [3.8, 4) is 0 Å². The van der Waals surface area contributed by atoms with Crippen LogP contribution in [0.3, 0.4) is 0 Å². The number of hydrogen-bond acceptors (Lipinski definition) is 8. The van der Waals surface area contributed by atoms with Crippen molar-refractivity contribution in [3.05, 3.63) is 52.6 Å². The molecule has 0 aliphatic carbocycles. The van der Waals surface area contributed by atoms with E-state index >= 15 is 0 Å². The van der Waals surface area contributed by atoms with Gasteiger partial charge in [-0.1, -0.05) is 36.3 Å². The second-order valence-electron chi connectivity index (χ2n) is 7.48. The van der Waals surface area contributed by atoms with Gasteiger partial charge in [0.1, 0.15) is 0 Å². The summed E-state index contributed by atoms with van der Waals surface area (Å²) < 4.78 is 30.5. The van der Waals surface area contributed by atoms with Crippen LogP contribution < -0.4 is 0 Å². The molecule has 0 radical (unpaired) electrons. The first-order chi connectivity index (χ1) is 15.4. The predicted octanol–water partition coefficient (Wildman–Crippen LogP) is 4.57. The summed E-state index contributed by atoms with van der Waals surface area (Å²) in [6.45, 7) is 0.880. The number of nitro groups is 1. The lowest BCUT2D eigenvalue weighted by Crippen LogP contribution is -2.31. The number of hydrogen-bond donors (Lipinski definition) is 0. The third kappa shape index (κ3) is 3.76. The maximum Gasteiger partial charge on any atom is 0.284 e. The van der Waals surface area contributed by atoms with E-state index in [2.05, 4.69) is 10.2 Å². The highest BCUT2D eigenvalue weighted by Gasteiger charge is 2.29. The maximum atomic E-state index is 13.1. The van der Waals surface area contributed by atoms with Crippen molar-refractivity contribution < 1.29 is 13.3 Å². The molecule has 32 heavy (non-hydrogen) atoms. The summed E-state index contributed by atoms with van der Waals surface area (Å²) in [6.07, 6.45) is 3.58. The monoisotopic (exact) mass is 489 g/mol. The molecule has 166 valence electrons. The standard InChI is InChI=1S/C20H19N5O4S3/c26-25(27)16-13-14(32(28,29)23-11-5-1-2-6-12-23)9-10-18(16)31-20-22-21-19-24(20)15-7-3-4-8-17(15)30-19/h3-4,7-10,13H,1-2,5-6,11-12H2. The quantitative estimate of drug-likeness (QED) is 0.298. The molecule has 5 rings (SSSR count). The summed E-state index contributed by atoms with van der Waals surface area (Å²) in [7, 11) is -3.79. The van der Waals surface area contributed by atoms with E-state index in [1.807, 2.05) is 28.7 Å². The first-order valence-electron chi connectivity index (χ1n) is 10.1. The molecule has 1 fully saturated rings. The summed E-state index contributed by atoms with van der Waals surface area (Å²) in [5, 5.41) is 20.7. The van der Waals surface area contributed by atoms with Gasteiger partial charge in [0.15, 0.2) is 0 Å². The highest BCUT2D eigenvalue weighted by atomic mass is 32.2. The molecule has 9 nitrogen and oxygen atoms in total. The van der Waals surface area contributed by atoms with E-state index in [9.17, 15) is 18.5 Å². The van der Waals surface area contributed by atoms with Crippen molar-refractivity contribution in [1.29, 1.82) is 0 Å². The van der Waals surface area contributed by atoms with Crippen molar-refractivity contribution in [2.45, 2.75) is 40.6 Å². The van der Waals surface area contributed by atoms with Gasteiger partial charge in [0.25, 0.3) is 5.69 Å². The van der Waals surface area contributed by atoms with Crippen molar-refractivity contribution in [1.82, 2.24) is 18.9 Å². The minimum atomic E-state index is -3.79. The minimum Gasteiger partial charge on any atom is -0.260 e. The van der Waals surface area contributed by atoms with Gasteiger partial charge in [0, 0.05) is 19.2 Å².